The Morgan fingerprint density at radius 2 is 2.05 bits per heavy atom. The molecule has 0 aliphatic rings. The molecule has 2 rings (SSSR count). The number of halogens is 2. The largest absolute Gasteiger partial charge is 0.399 e. The van der Waals surface area contributed by atoms with E-state index < -0.39 is 15.8 Å². The van der Waals surface area contributed by atoms with Crippen molar-refractivity contribution in [1.82, 2.24) is 4.31 Å². The summed E-state index contributed by atoms with van der Waals surface area (Å²) in [7, 11) is -3.92. The Balaban J connectivity index is 2.35. The lowest BCUT2D eigenvalue weighted by Gasteiger charge is -2.20. The number of thiophene rings is 1. The normalized spacial score (nSPS) is 12.0. The van der Waals surface area contributed by atoms with Crippen LogP contribution in [0.4, 0.5) is 10.1 Å². The lowest BCUT2D eigenvalue weighted by Crippen LogP contribution is -2.30. The third-order valence-corrected chi connectivity index (χ3v) is 6.06. The molecule has 114 valence electrons. The molecule has 1 aromatic carbocycles. The molecule has 1 aromatic heterocycles. The van der Waals surface area contributed by atoms with Gasteiger partial charge in [0, 0.05) is 23.7 Å². The molecule has 0 aliphatic heterocycles. The summed E-state index contributed by atoms with van der Waals surface area (Å²) in [6.45, 7) is 2.07. The van der Waals surface area contributed by atoms with Crippen LogP contribution in [-0.4, -0.2) is 19.3 Å². The minimum atomic E-state index is -3.92. The zero-order chi connectivity index (χ0) is 15.6. The number of hydrogen-bond acceptors (Lipinski definition) is 4. The first-order valence-electron chi connectivity index (χ1n) is 6.14. The molecule has 21 heavy (non-hydrogen) atoms. The van der Waals surface area contributed by atoms with Gasteiger partial charge in [0.1, 0.15) is 10.7 Å². The molecule has 1 heterocycles. The van der Waals surface area contributed by atoms with Crippen LogP contribution in [-0.2, 0) is 16.6 Å². The summed E-state index contributed by atoms with van der Waals surface area (Å²) < 4.78 is 40.7. The highest BCUT2D eigenvalue weighted by molar-refractivity contribution is 7.89. The molecule has 2 N–H and O–H groups in total. The predicted molar refractivity (Wildman–Crippen MR) is 83.4 cm³/mol. The fraction of sp³-hybridized carbons (Fsp3) is 0.231. The first kappa shape index (κ1) is 16.2. The van der Waals surface area contributed by atoms with Gasteiger partial charge >= 0.3 is 0 Å². The van der Waals surface area contributed by atoms with Crippen LogP contribution in [0.1, 0.15) is 11.8 Å². The fourth-order valence-corrected chi connectivity index (χ4v) is 4.50. The van der Waals surface area contributed by atoms with E-state index in [1.54, 1.807) is 19.1 Å². The lowest BCUT2D eigenvalue weighted by molar-refractivity contribution is 0.422. The topological polar surface area (TPSA) is 63.4 Å². The van der Waals surface area contributed by atoms with E-state index in [-0.39, 0.29) is 23.7 Å². The molecule has 0 spiro atoms. The van der Waals surface area contributed by atoms with E-state index in [0.717, 1.165) is 10.9 Å². The van der Waals surface area contributed by atoms with Crippen LogP contribution in [0.25, 0.3) is 0 Å². The number of sulfonamides is 1. The lowest BCUT2D eigenvalue weighted by atomic mass is 10.3. The van der Waals surface area contributed by atoms with Gasteiger partial charge in [0.2, 0.25) is 10.0 Å². The summed E-state index contributed by atoms with van der Waals surface area (Å²) in [6.07, 6.45) is 0. The molecule has 0 bridgehead atoms. The highest BCUT2D eigenvalue weighted by Crippen LogP contribution is 2.26. The van der Waals surface area contributed by atoms with E-state index in [0.29, 0.717) is 4.34 Å². The molecular weight excluding hydrogens is 335 g/mol. The molecule has 0 radical (unpaired) electrons. The van der Waals surface area contributed by atoms with Gasteiger partial charge in [-0.1, -0.05) is 18.5 Å². The van der Waals surface area contributed by atoms with Crippen LogP contribution in [0.3, 0.4) is 0 Å². The van der Waals surface area contributed by atoms with Gasteiger partial charge in [-0.15, -0.1) is 11.3 Å². The van der Waals surface area contributed by atoms with Gasteiger partial charge in [-0.05, 0) is 30.3 Å². The Hall–Kier alpha value is -1.15. The number of hydrogen-bond donors (Lipinski definition) is 1. The maximum atomic E-state index is 13.9. The van der Waals surface area contributed by atoms with Gasteiger partial charge in [-0.3, -0.25) is 0 Å². The zero-order valence-corrected chi connectivity index (χ0v) is 13.6. The van der Waals surface area contributed by atoms with Gasteiger partial charge < -0.3 is 5.73 Å². The van der Waals surface area contributed by atoms with Crippen LogP contribution in [0.2, 0.25) is 4.34 Å². The Bertz CT molecular complexity index is 746. The van der Waals surface area contributed by atoms with Crippen molar-refractivity contribution in [3.63, 3.8) is 0 Å². The van der Waals surface area contributed by atoms with E-state index in [2.05, 4.69) is 0 Å². The van der Waals surface area contributed by atoms with Crippen molar-refractivity contribution in [3.05, 3.63) is 45.4 Å². The Labute approximate surface area is 132 Å². The van der Waals surface area contributed by atoms with Crippen molar-refractivity contribution >= 4 is 38.6 Å². The molecule has 0 fully saturated rings. The van der Waals surface area contributed by atoms with E-state index in [1.807, 2.05) is 0 Å². The average molecular weight is 349 g/mol. The number of nitrogen functional groups attached to an aromatic ring is 1. The van der Waals surface area contributed by atoms with Crippen LogP contribution in [0.15, 0.2) is 35.2 Å². The predicted octanol–water partition coefficient (Wildman–Crippen LogP) is 3.33. The second-order valence-electron chi connectivity index (χ2n) is 4.33. The molecule has 2 aromatic rings. The van der Waals surface area contributed by atoms with Crippen LogP contribution in [0, 0.1) is 5.82 Å². The second kappa shape index (κ2) is 6.31. The number of nitrogens with zero attached hydrogens (tertiary/aromatic N) is 1. The summed E-state index contributed by atoms with van der Waals surface area (Å²) >= 11 is 7.13. The first-order valence-corrected chi connectivity index (χ1v) is 8.77. The highest BCUT2D eigenvalue weighted by atomic mass is 35.5. The van der Waals surface area contributed by atoms with Gasteiger partial charge in [-0.25, -0.2) is 12.8 Å². The zero-order valence-electron chi connectivity index (χ0n) is 11.2. The summed E-state index contributed by atoms with van der Waals surface area (Å²) in [6, 6.07) is 7.01. The van der Waals surface area contributed by atoms with Crippen molar-refractivity contribution in [2.45, 2.75) is 18.4 Å². The number of anilines is 1. The number of benzene rings is 1. The number of rotatable bonds is 5. The summed E-state index contributed by atoms with van der Waals surface area (Å²) in [5, 5.41) is 0. The molecule has 0 saturated heterocycles. The smallest absolute Gasteiger partial charge is 0.246 e. The highest BCUT2D eigenvalue weighted by Gasteiger charge is 2.26. The minimum absolute atomic E-state index is 0.153. The molecule has 0 atom stereocenters. The maximum Gasteiger partial charge on any atom is 0.246 e. The van der Waals surface area contributed by atoms with E-state index >= 15 is 0 Å². The van der Waals surface area contributed by atoms with E-state index in [9.17, 15) is 12.8 Å². The molecule has 0 unspecified atom stereocenters. The van der Waals surface area contributed by atoms with Crippen LogP contribution >= 0.6 is 22.9 Å². The average Bonchev–Trinajstić information content (AvgIpc) is 2.80. The summed E-state index contributed by atoms with van der Waals surface area (Å²) in [5.74, 6) is -0.849. The summed E-state index contributed by atoms with van der Waals surface area (Å²) in [5.41, 5.74) is 5.62. The molecule has 8 heteroatoms. The fourth-order valence-electron chi connectivity index (χ4n) is 1.84. The monoisotopic (exact) mass is 348 g/mol. The molecule has 4 nitrogen and oxygen atoms in total. The van der Waals surface area contributed by atoms with Crippen molar-refractivity contribution in [3.8, 4) is 0 Å². The molecular formula is C13H14ClFN2O2S2. The van der Waals surface area contributed by atoms with Gasteiger partial charge in [0.15, 0.2) is 0 Å². The SMILES string of the molecule is CCN(Cc1ccc(Cl)s1)S(=O)(=O)c1ccc(N)cc1F. The van der Waals surface area contributed by atoms with Gasteiger partial charge in [0.05, 0.1) is 4.34 Å². The number of nitrogens with two attached hydrogens (primary N) is 1. The van der Waals surface area contributed by atoms with Gasteiger partial charge in [0.25, 0.3) is 0 Å². The van der Waals surface area contributed by atoms with E-state index in [1.165, 1.54) is 27.8 Å². The minimum Gasteiger partial charge on any atom is -0.399 e. The van der Waals surface area contributed by atoms with Crippen molar-refractivity contribution in [1.29, 1.82) is 0 Å². The van der Waals surface area contributed by atoms with E-state index in [4.69, 9.17) is 17.3 Å². The first-order chi connectivity index (χ1) is 9.84. The Morgan fingerprint density at radius 3 is 2.57 bits per heavy atom. The van der Waals surface area contributed by atoms with Crippen LogP contribution in [0.5, 0.6) is 0 Å². The van der Waals surface area contributed by atoms with Crippen molar-refractivity contribution < 1.29 is 12.8 Å². The molecule has 0 aliphatic carbocycles. The van der Waals surface area contributed by atoms with Crippen molar-refractivity contribution in [2.75, 3.05) is 12.3 Å². The third kappa shape index (κ3) is 3.55. The van der Waals surface area contributed by atoms with Gasteiger partial charge in [-0.2, -0.15) is 4.31 Å². The molecule has 0 saturated carbocycles. The Kier molecular flexibility index (Phi) is 4.88. The maximum absolute atomic E-state index is 13.9. The summed E-state index contributed by atoms with van der Waals surface area (Å²) in [4.78, 5) is 0.419. The molecule has 0 amide bonds. The van der Waals surface area contributed by atoms with Crippen molar-refractivity contribution in [2.24, 2.45) is 0 Å². The third-order valence-electron chi connectivity index (χ3n) is 2.89. The quantitative estimate of drug-likeness (QED) is 0.843. The Morgan fingerprint density at radius 1 is 1.33 bits per heavy atom. The second-order valence-corrected chi connectivity index (χ2v) is 8.03. The standard InChI is InChI=1S/C13H14ClFN2O2S2/c1-2-17(8-10-4-6-13(14)20-10)21(18,19)12-5-3-9(16)7-11(12)15/h3-7H,2,8,16H2,1H3. The van der Waals surface area contributed by atoms with Crippen LogP contribution < -0.4 is 5.73 Å².